The zero-order valence-electron chi connectivity index (χ0n) is 16.5. The van der Waals surface area contributed by atoms with Gasteiger partial charge in [-0.1, -0.05) is 30.1 Å². The maximum Gasteiger partial charge on any atom is 0.293 e. The highest BCUT2D eigenvalue weighted by atomic mass is 35.5. The van der Waals surface area contributed by atoms with Gasteiger partial charge in [-0.15, -0.1) is 0 Å². The fourth-order valence-electron chi connectivity index (χ4n) is 4.93. The van der Waals surface area contributed by atoms with Gasteiger partial charge in [-0.3, -0.25) is 14.9 Å². The van der Waals surface area contributed by atoms with Crippen LogP contribution in [0.1, 0.15) is 36.5 Å². The first kappa shape index (κ1) is 20.9. The second kappa shape index (κ2) is 8.44. The van der Waals surface area contributed by atoms with Crippen LogP contribution >= 0.6 is 23.2 Å². The number of nitrogens with one attached hydrogen (secondary N) is 2. The summed E-state index contributed by atoms with van der Waals surface area (Å²) in [5.41, 5.74) is 1.12. The zero-order valence-corrected chi connectivity index (χ0v) is 18.0. The van der Waals surface area contributed by atoms with Gasteiger partial charge in [-0.2, -0.15) is 0 Å². The van der Waals surface area contributed by atoms with Crippen molar-refractivity contribution in [1.82, 2.24) is 5.32 Å². The summed E-state index contributed by atoms with van der Waals surface area (Å²) in [6.07, 6.45) is 2.77. The average Bonchev–Trinajstić information content (AvgIpc) is 3.21. The molecule has 2 aromatic carbocycles. The van der Waals surface area contributed by atoms with Gasteiger partial charge >= 0.3 is 0 Å². The molecule has 0 spiro atoms. The molecule has 2 aromatic rings. The largest absolute Gasteiger partial charge is 0.377 e. The molecule has 3 unspecified atom stereocenters. The van der Waals surface area contributed by atoms with Crippen LogP contribution in [0.25, 0.3) is 0 Å². The van der Waals surface area contributed by atoms with Gasteiger partial charge in [0.1, 0.15) is 5.69 Å². The van der Waals surface area contributed by atoms with Crippen molar-refractivity contribution in [1.29, 1.82) is 0 Å². The van der Waals surface area contributed by atoms with Gasteiger partial charge in [-0.25, -0.2) is 0 Å². The molecule has 0 bridgehead atoms. The molecule has 0 heterocycles. The maximum absolute atomic E-state index is 12.6. The lowest BCUT2D eigenvalue weighted by atomic mass is 9.98. The number of nitro groups is 1. The molecule has 6 nitrogen and oxygen atoms in total. The first-order valence-corrected chi connectivity index (χ1v) is 10.9. The SMILES string of the molecule is CCC(NC(=O)c1ccc(Cl)cc1)C1C2CC(Nc3ccc(Cl)cc3[N+](=O)[O-])CC21. The number of carbonyl (C=O) groups excluding carboxylic acids is 1. The standard InChI is InChI=1S/C22H23Cl2N3O3/c1-2-18(26-22(28)12-3-5-13(23)6-4-12)21-16-10-15(11-17(16)21)25-19-8-7-14(24)9-20(19)27(29)30/h3-9,15-18,21,25H,2,10-11H2,1H3,(H,26,28). The lowest BCUT2D eigenvalue weighted by Gasteiger charge is -2.22. The van der Waals surface area contributed by atoms with Crippen molar-refractivity contribution in [3.8, 4) is 0 Å². The molecule has 2 N–H and O–H groups in total. The first-order valence-electron chi connectivity index (χ1n) is 10.1. The quantitative estimate of drug-likeness (QED) is 0.430. The van der Waals surface area contributed by atoms with E-state index < -0.39 is 4.92 Å². The van der Waals surface area contributed by atoms with Gasteiger partial charge in [0, 0.05) is 33.8 Å². The fraction of sp³-hybridized carbons (Fsp3) is 0.409. The van der Waals surface area contributed by atoms with Crippen LogP contribution < -0.4 is 10.6 Å². The molecule has 8 heteroatoms. The van der Waals surface area contributed by atoms with Crippen LogP contribution in [-0.2, 0) is 0 Å². The smallest absolute Gasteiger partial charge is 0.293 e. The molecule has 158 valence electrons. The van der Waals surface area contributed by atoms with Crippen molar-refractivity contribution in [2.45, 2.75) is 38.3 Å². The second-order valence-electron chi connectivity index (χ2n) is 8.13. The number of hydrogen-bond donors (Lipinski definition) is 2. The van der Waals surface area contributed by atoms with Crippen molar-refractivity contribution in [3.63, 3.8) is 0 Å². The summed E-state index contributed by atoms with van der Waals surface area (Å²) in [4.78, 5) is 23.5. The molecule has 2 aliphatic carbocycles. The Bertz CT molecular complexity index is 955. The summed E-state index contributed by atoms with van der Waals surface area (Å²) >= 11 is 11.8. The van der Waals surface area contributed by atoms with Gasteiger partial charge in [0.15, 0.2) is 0 Å². The number of halogens is 2. The maximum atomic E-state index is 12.6. The number of amides is 1. The molecule has 1 amide bonds. The topological polar surface area (TPSA) is 84.3 Å². The van der Waals surface area contributed by atoms with Crippen LogP contribution in [-0.4, -0.2) is 22.9 Å². The highest BCUT2D eigenvalue weighted by Crippen LogP contribution is 2.60. The van der Waals surface area contributed by atoms with E-state index in [0.717, 1.165) is 19.3 Å². The van der Waals surface area contributed by atoms with E-state index in [0.29, 0.717) is 39.0 Å². The predicted molar refractivity (Wildman–Crippen MR) is 118 cm³/mol. The fourth-order valence-corrected chi connectivity index (χ4v) is 5.22. The summed E-state index contributed by atoms with van der Waals surface area (Å²) in [6, 6.07) is 11.9. The third-order valence-corrected chi connectivity index (χ3v) is 6.84. The summed E-state index contributed by atoms with van der Waals surface area (Å²) < 4.78 is 0. The number of nitro benzene ring substituents is 1. The van der Waals surface area contributed by atoms with Crippen molar-refractivity contribution in [2.24, 2.45) is 17.8 Å². The van der Waals surface area contributed by atoms with Gasteiger partial charge in [-0.05, 0) is 73.4 Å². The van der Waals surface area contributed by atoms with Crippen molar-refractivity contribution < 1.29 is 9.72 Å². The molecule has 4 rings (SSSR count). The van der Waals surface area contributed by atoms with Gasteiger partial charge in [0.2, 0.25) is 0 Å². The summed E-state index contributed by atoms with van der Waals surface area (Å²) in [6.45, 7) is 2.09. The summed E-state index contributed by atoms with van der Waals surface area (Å²) in [7, 11) is 0. The normalized spacial score (nSPS) is 25.3. The first-order chi connectivity index (χ1) is 14.4. The van der Waals surface area contributed by atoms with Crippen LogP contribution in [0.15, 0.2) is 42.5 Å². The Balaban J connectivity index is 1.35. The van der Waals surface area contributed by atoms with E-state index >= 15 is 0 Å². The Hall–Kier alpha value is -2.31. The van der Waals surface area contributed by atoms with Crippen LogP contribution in [0.2, 0.25) is 10.0 Å². The number of anilines is 1. The minimum absolute atomic E-state index is 0.00119. The Morgan fingerprint density at radius 3 is 2.37 bits per heavy atom. The highest BCUT2D eigenvalue weighted by Gasteiger charge is 2.58. The van der Waals surface area contributed by atoms with E-state index in [1.54, 1.807) is 36.4 Å². The van der Waals surface area contributed by atoms with Gasteiger partial charge in [0.05, 0.1) is 4.92 Å². The predicted octanol–water partition coefficient (Wildman–Crippen LogP) is 5.55. The van der Waals surface area contributed by atoms with Crippen LogP contribution in [0.4, 0.5) is 11.4 Å². The average molecular weight is 448 g/mol. The third kappa shape index (κ3) is 4.25. The number of hydrogen-bond acceptors (Lipinski definition) is 4. The lowest BCUT2D eigenvalue weighted by molar-refractivity contribution is -0.384. The molecule has 0 saturated heterocycles. The van der Waals surface area contributed by atoms with Gasteiger partial charge < -0.3 is 10.6 Å². The molecule has 2 aliphatic rings. The minimum Gasteiger partial charge on any atom is -0.377 e. The van der Waals surface area contributed by atoms with Gasteiger partial charge in [0.25, 0.3) is 11.6 Å². The molecule has 0 aliphatic heterocycles. The van der Waals surface area contributed by atoms with Crippen molar-refractivity contribution in [3.05, 3.63) is 68.2 Å². The molecule has 0 radical (unpaired) electrons. The number of carbonyl (C=O) groups is 1. The zero-order chi connectivity index (χ0) is 21.4. The van der Waals surface area contributed by atoms with Crippen LogP contribution in [0.5, 0.6) is 0 Å². The number of fused-ring (bicyclic) bond motifs is 1. The van der Waals surface area contributed by atoms with Crippen molar-refractivity contribution in [2.75, 3.05) is 5.32 Å². The van der Waals surface area contributed by atoms with E-state index in [1.165, 1.54) is 6.07 Å². The molecule has 2 saturated carbocycles. The van der Waals surface area contributed by atoms with E-state index in [4.69, 9.17) is 23.2 Å². The summed E-state index contributed by atoms with van der Waals surface area (Å²) in [5.74, 6) is 1.45. The number of benzene rings is 2. The monoisotopic (exact) mass is 447 g/mol. The van der Waals surface area contributed by atoms with E-state index in [2.05, 4.69) is 17.6 Å². The molecule has 3 atom stereocenters. The number of nitrogens with zero attached hydrogens (tertiary/aromatic N) is 1. The molecule has 2 fully saturated rings. The molecular weight excluding hydrogens is 425 g/mol. The summed E-state index contributed by atoms with van der Waals surface area (Å²) in [5, 5.41) is 18.8. The Labute approximate surface area is 185 Å². The molecule has 30 heavy (non-hydrogen) atoms. The Morgan fingerprint density at radius 2 is 1.77 bits per heavy atom. The Morgan fingerprint density at radius 1 is 1.13 bits per heavy atom. The van der Waals surface area contributed by atoms with E-state index in [9.17, 15) is 14.9 Å². The van der Waals surface area contributed by atoms with E-state index in [-0.39, 0.29) is 23.7 Å². The van der Waals surface area contributed by atoms with E-state index in [1.807, 2.05) is 0 Å². The third-order valence-electron chi connectivity index (χ3n) is 6.35. The van der Waals surface area contributed by atoms with Crippen LogP contribution in [0.3, 0.4) is 0 Å². The second-order valence-corrected chi connectivity index (χ2v) is 9.00. The number of rotatable bonds is 7. The van der Waals surface area contributed by atoms with Crippen LogP contribution in [0, 0.1) is 27.9 Å². The van der Waals surface area contributed by atoms with Crippen molar-refractivity contribution >= 4 is 40.5 Å². The minimum atomic E-state index is -0.411. The lowest BCUT2D eigenvalue weighted by Crippen LogP contribution is -2.38. The molecule has 0 aromatic heterocycles. The Kier molecular flexibility index (Phi) is 5.89. The highest BCUT2D eigenvalue weighted by molar-refractivity contribution is 6.31. The molecular formula is C22H23Cl2N3O3.